The first-order valence-electron chi connectivity index (χ1n) is 16.2. The van der Waals surface area contributed by atoms with Gasteiger partial charge in [-0.25, -0.2) is 0 Å². The largest absolute Gasteiger partial charge is 0.468 e. The minimum absolute atomic E-state index is 0.147. The normalized spacial score (nSPS) is 23.1. The maximum absolute atomic E-state index is 15.4. The molecule has 1 aliphatic carbocycles. The van der Waals surface area contributed by atoms with Crippen molar-refractivity contribution in [1.29, 1.82) is 5.26 Å². The van der Waals surface area contributed by atoms with Crippen LogP contribution < -0.4 is 0 Å². The predicted molar refractivity (Wildman–Crippen MR) is 203 cm³/mol. The number of nitrogens with zero attached hydrogens (tertiary/aromatic N) is 1. The summed E-state index contributed by atoms with van der Waals surface area (Å²) in [5.41, 5.74) is -2.51. The van der Waals surface area contributed by atoms with E-state index in [1.165, 1.54) is 7.11 Å². The number of aliphatic hydroxyl groups is 1. The molecule has 0 aliphatic heterocycles. The van der Waals surface area contributed by atoms with E-state index in [9.17, 15) is 15.2 Å². The van der Waals surface area contributed by atoms with Crippen molar-refractivity contribution in [2.24, 2.45) is 11.3 Å². The Hall–Kier alpha value is -4.41. The minimum Gasteiger partial charge on any atom is -0.468 e. The number of esters is 1. The van der Waals surface area contributed by atoms with Crippen LogP contribution in [0.3, 0.4) is 0 Å². The van der Waals surface area contributed by atoms with E-state index < -0.39 is 40.5 Å². The molecule has 1 saturated carbocycles. The lowest BCUT2D eigenvalue weighted by molar-refractivity contribution is -0.162. The first kappa shape index (κ1) is 35.0. The summed E-state index contributed by atoms with van der Waals surface area (Å²) in [4.78, 5) is 29.8. The van der Waals surface area contributed by atoms with Crippen molar-refractivity contribution in [3.63, 3.8) is 0 Å². The van der Waals surface area contributed by atoms with Gasteiger partial charge >= 0.3 is 5.97 Å². The first-order chi connectivity index (χ1) is 24.5. The zero-order valence-corrected chi connectivity index (χ0v) is 30.1. The van der Waals surface area contributed by atoms with Gasteiger partial charge in [-0.15, -0.1) is 0 Å². The molecule has 5 nitrogen and oxygen atoms in total. The molecule has 0 heterocycles. The number of halogens is 4. The molecular weight excluding hydrogens is 724 g/mol. The first-order valence-corrected chi connectivity index (χ1v) is 17.7. The Balaban J connectivity index is 1.59. The number of Topliss-reactive ketones (excluding diaryl/α,β-unsaturated/α-hetero) is 1. The van der Waals surface area contributed by atoms with E-state index in [0.717, 1.165) is 21.5 Å². The smallest absolute Gasteiger partial charge is 0.327 e. The number of ketones is 1. The van der Waals surface area contributed by atoms with Crippen LogP contribution in [0.15, 0.2) is 121 Å². The zero-order valence-electron chi connectivity index (χ0n) is 27.1. The minimum atomic E-state index is -2.08. The molecule has 6 aromatic rings. The van der Waals surface area contributed by atoms with Crippen molar-refractivity contribution in [3.8, 4) is 6.07 Å². The molecule has 1 fully saturated rings. The van der Waals surface area contributed by atoms with Gasteiger partial charge in [0, 0.05) is 17.4 Å². The molecule has 6 aromatic carbocycles. The van der Waals surface area contributed by atoms with E-state index in [0.29, 0.717) is 22.3 Å². The molecule has 0 saturated heterocycles. The number of fused-ring (bicyclic) bond motifs is 2. The second-order valence-corrected chi connectivity index (χ2v) is 14.6. The zero-order chi connectivity index (χ0) is 36.1. The van der Waals surface area contributed by atoms with Crippen LogP contribution in [0.5, 0.6) is 0 Å². The van der Waals surface area contributed by atoms with E-state index in [2.05, 4.69) is 6.07 Å². The van der Waals surface area contributed by atoms with Gasteiger partial charge in [-0.05, 0) is 81.1 Å². The molecule has 51 heavy (non-hydrogen) atoms. The summed E-state index contributed by atoms with van der Waals surface area (Å²) >= 11 is 25.9. The van der Waals surface area contributed by atoms with Crippen molar-refractivity contribution in [3.05, 3.63) is 164 Å². The van der Waals surface area contributed by atoms with Gasteiger partial charge in [0.05, 0.1) is 39.2 Å². The molecule has 0 spiro atoms. The van der Waals surface area contributed by atoms with Crippen LogP contribution in [0.25, 0.3) is 21.5 Å². The Morgan fingerprint density at radius 1 is 0.706 bits per heavy atom. The highest BCUT2D eigenvalue weighted by Gasteiger charge is 2.67. The van der Waals surface area contributed by atoms with E-state index in [-0.39, 0.29) is 26.5 Å². The molecule has 1 aliphatic rings. The summed E-state index contributed by atoms with van der Waals surface area (Å²) in [5, 5.41) is 29.2. The molecule has 0 radical (unpaired) electrons. The number of hydrogen-bond donors (Lipinski definition) is 1. The number of rotatable bonds is 6. The molecule has 5 atom stereocenters. The highest BCUT2D eigenvalue weighted by Crippen LogP contribution is 2.64. The van der Waals surface area contributed by atoms with E-state index in [1.54, 1.807) is 54.6 Å². The van der Waals surface area contributed by atoms with Gasteiger partial charge in [0.2, 0.25) is 0 Å². The van der Waals surface area contributed by atoms with Gasteiger partial charge in [0.15, 0.2) is 11.2 Å². The van der Waals surface area contributed by atoms with Gasteiger partial charge in [-0.3, -0.25) is 9.59 Å². The maximum atomic E-state index is 15.4. The van der Waals surface area contributed by atoms with E-state index in [1.807, 2.05) is 66.7 Å². The molecule has 0 aromatic heterocycles. The van der Waals surface area contributed by atoms with Crippen molar-refractivity contribution in [2.45, 2.75) is 23.9 Å². The van der Waals surface area contributed by atoms with E-state index >= 15 is 4.79 Å². The number of methoxy groups -OCH3 is 1. The van der Waals surface area contributed by atoms with Crippen molar-refractivity contribution < 1.29 is 19.4 Å². The Labute approximate surface area is 314 Å². The van der Waals surface area contributed by atoms with Crippen LogP contribution in [-0.4, -0.2) is 24.0 Å². The highest BCUT2D eigenvalue weighted by molar-refractivity contribution is 6.42. The van der Waals surface area contributed by atoms with E-state index in [4.69, 9.17) is 51.1 Å². The highest BCUT2D eigenvalue weighted by atomic mass is 35.5. The lowest BCUT2D eigenvalue weighted by Gasteiger charge is -2.54. The number of ether oxygens (including phenoxy) is 1. The van der Waals surface area contributed by atoms with Gasteiger partial charge < -0.3 is 9.84 Å². The third-order valence-electron chi connectivity index (χ3n) is 10.3. The van der Waals surface area contributed by atoms with Crippen LogP contribution in [0, 0.1) is 22.7 Å². The van der Waals surface area contributed by atoms with Gasteiger partial charge in [-0.2, -0.15) is 5.26 Å². The number of benzene rings is 6. The van der Waals surface area contributed by atoms with Gasteiger partial charge in [0.1, 0.15) is 5.60 Å². The van der Waals surface area contributed by atoms with Crippen LogP contribution in [-0.2, 0) is 15.1 Å². The van der Waals surface area contributed by atoms with Crippen molar-refractivity contribution in [1.82, 2.24) is 0 Å². The maximum Gasteiger partial charge on any atom is 0.327 e. The summed E-state index contributed by atoms with van der Waals surface area (Å²) in [6.45, 7) is 0. The summed E-state index contributed by atoms with van der Waals surface area (Å²) in [6, 6.07) is 38.0. The van der Waals surface area contributed by atoms with Crippen LogP contribution in [0.1, 0.15) is 45.3 Å². The lowest BCUT2D eigenvalue weighted by Crippen LogP contribution is -2.59. The number of hydrogen-bond acceptors (Lipinski definition) is 5. The molecule has 9 heteroatoms. The third-order valence-corrected chi connectivity index (χ3v) is 11.8. The molecule has 254 valence electrons. The average Bonchev–Trinajstić information content (AvgIpc) is 3.15. The SMILES string of the molecule is COC(=O)[C@]1(C#N)[C@H](c2ccc(Cl)c(Cl)c2)C[C@](O)(c2ccc3ccccc3c2)[C@H](C(=O)c2ccc3ccccc3c2)[C@@H]1c1ccc(Cl)c(Cl)c1. The Kier molecular flexibility index (Phi) is 9.35. The average molecular weight is 754 g/mol. The fourth-order valence-electron chi connectivity index (χ4n) is 7.90. The molecule has 7 rings (SSSR count). The van der Waals surface area contributed by atoms with Crippen LogP contribution in [0.2, 0.25) is 20.1 Å². The second-order valence-electron chi connectivity index (χ2n) is 12.9. The Morgan fingerprint density at radius 3 is 1.84 bits per heavy atom. The van der Waals surface area contributed by atoms with Crippen molar-refractivity contribution >= 4 is 79.7 Å². The van der Waals surface area contributed by atoms with Gasteiger partial charge in [-0.1, -0.05) is 131 Å². The molecule has 0 unspecified atom stereocenters. The number of nitriles is 1. The monoisotopic (exact) mass is 751 g/mol. The van der Waals surface area contributed by atoms with Crippen LogP contribution >= 0.6 is 46.4 Å². The summed E-state index contributed by atoms with van der Waals surface area (Å²) in [7, 11) is 1.20. The molecule has 1 N–H and O–H groups in total. The predicted octanol–water partition coefficient (Wildman–Crippen LogP) is 10.9. The van der Waals surface area contributed by atoms with Gasteiger partial charge in [0.25, 0.3) is 0 Å². The molecule has 0 amide bonds. The fraction of sp³-hybridized carbons (Fsp3) is 0.167. The molecular formula is C42H29Cl4NO4. The lowest BCUT2D eigenvalue weighted by atomic mass is 9.47. The van der Waals surface area contributed by atoms with Crippen molar-refractivity contribution in [2.75, 3.05) is 7.11 Å². The topological polar surface area (TPSA) is 87.4 Å². The third kappa shape index (κ3) is 5.86. The Morgan fingerprint density at radius 2 is 1.25 bits per heavy atom. The summed E-state index contributed by atoms with van der Waals surface area (Å²) < 4.78 is 5.45. The number of carbonyl (C=O) groups is 2. The Bertz CT molecular complexity index is 2410. The molecule has 0 bridgehead atoms. The summed E-state index contributed by atoms with van der Waals surface area (Å²) in [6.07, 6.45) is -0.228. The second kappa shape index (κ2) is 13.6. The fourth-order valence-corrected chi connectivity index (χ4v) is 8.52. The standard InChI is InChI=1S/C42H29Cl4NO4/c1-51-40(49)41(23-47)32(28-13-16-33(43)35(45)20-28)22-42(50,31-15-12-25-7-3-5-9-27(25)19-31)38(37(41)29-14-17-34(44)36(46)21-29)39(48)30-11-10-24-6-2-4-8-26(24)18-30/h2-21,32,37-38,50H,22H2,1H3/t32-,37-,38-,41+,42-/m0/s1. The summed E-state index contributed by atoms with van der Waals surface area (Å²) in [5.74, 6) is -5.12. The number of carbonyl (C=O) groups excluding carboxylic acids is 2. The quantitative estimate of drug-likeness (QED) is 0.135. The van der Waals surface area contributed by atoms with Crippen LogP contribution in [0.4, 0.5) is 0 Å².